The minimum atomic E-state index is -0.119. The molecule has 24 heavy (non-hydrogen) atoms. The Balaban J connectivity index is 1.60. The Bertz CT molecular complexity index is 669. The van der Waals surface area contributed by atoms with Gasteiger partial charge in [0.25, 0.3) is 5.91 Å². The molecule has 0 unspecified atom stereocenters. The van der Waals surface area contributed by atoms with E-state index < -0.39 is 0 Å². The lowest BCUT2D eigenvalue weighted by Gasteiger charge is -2.13. The number of nitrogens with zero attached hydrogens (tertiary/aromatic N) is 1. The molecule has 1 saturated heterocycles. The van der Waals surface area contributed by atoms with Crippen molar-refractivity contribution >= 4 is 17.2 Å². The van der Waals surface area contributed by atoms with Crippen LogP contribution >= 0.6 is 11.3 Å². The van der Waals surface area contributed by atoms with Crippen molar-refractivity contribution in [1.82, 2.24) is 10.3 Å². The quantitative estimate of drug-likeness (QED) is 0.832. The Kier molecular flexibility index (Phi) is 5.66. The topological polar surface area (TPSA) is 69.7 Å². The van der Waals surface area contributed by atoms with Gasteiger partial charge in [-0.2, -0.15) is 0 Å². The van der Waals surface area contributed by atoms with Crippen molar-refractivity contribution in [2.75, 3.05) is 26.9 Å². The van der Waals surface area contributed by atoms with Crippen molar-refractivity contribution in [2.45, 2.75) is 13.0 Å². The number of carbonyl (C=O) groups is 1. The van der Waals surface area contributed by atoms with E-state index in [9.17, 15) is 4.79 Å². The Labute approximate surface area is 144 Å². The fourth-order valence-corrected chi connectivity index (χ4v) is 3.02. The number of hydrogen-bond acceptors (Lipinski definition) is 6. The number of carbonyl (C=O) groups excluding carboxylic acids is 1. The van der Waals surface area contributed by atoms with Gasteiger partial charge in [-0.3, -0.25) is 4.79 Å². The largest absolute Gasteiger partial charge is 0.493 e. The van der Waals surface area contributed by atoms with Crippen LogP contribution in [0.1, 0.15) is 22.5 Å². The SMILES string of the molecule is COc1cc(C(=O)NC[C@H]2CCOC2)ccc1OCc1cscn1. The second kappa shape index (κ2) is 8.12. The monoisotopic (exact) mass is 348 g/mol. The van der Waals surface area contributed by atoms with E-state index in [4.69, 9.17) is 14.2 Å². The van der Waals surface area contributed by atoms with E-state index in [0.717, 1.165) is 18.7 Å². The van der Waals surface area contributed by atoms with E-state index in [0.29, 0.717) is 42.7 Å². The number of amides is 1. The summed E-state index contributed by atoms with van der Waals surface area (Å²) in [6.45, 7) is 2.49. The maximum Gasteiger partial charge on any atom is 0.251 e. The molecule has 0 spiro atoms. The molecule has 1 amide bonds. The molecule has 7 heteroatoms. The molecule has 1 fully saturated rings. The van der Waals surface area contributed by atoms with Gasteiger partial charge < -0.3 is 19.5 Å². The summed E-state index contributed by atoms with van der Waals surface area (Å²) >= 11 is 1.52. The van der Waals surface area contributed by atoms with Crippen LogP contribution in [0.4, 0.5) is 0 Å². The van der Waals surface area contributed by atoms with Crippen LogP contribution < -0.4 is 14.8 Å². The third-order valence-corrected chi connectivity index (χ3v) is 4.50. The fourth-order valence-electron chi connectivity index (χ4n) is 2.47. The number of nitrogens with one attached hydrogen (secondary N) is 1. The molecule has 1 aromatic heterocycles. The van der Waals surface area contributed by atoms with E-state index in [-0.39, 0.29) is 5.91 Å². The van der Waals surface area contributed by atoms with Crippen molar-refractivity contribution in [1.29, 1.82) is 0 Å². The van der Waals surface area contributed by atoms with Crippen LogP contribution in [0.2, 0.25) is 0 Å². The normalized spacial score (nSPS) is 16.8. The highest BCUT2D eigenvalue weighted by atomic mass is 32.1. The summed E-state index contributed by atoms with van der Waals surface area (Å²) in [4.78, 5) is 16.4. The molecule has 1 atom stereocenters. The first-order chi connectivity index (χ1) is 11.8. The van der Waals surface area contributed by atoms with E-state index in [1.54, 1.807) is 30.8 Å². The highest BCUT2D eigenvalue weighted by Crippen LogP contribution is 2.29. The van der Waals surface area contributed by atoms with Gasteiger partial charge in [-0.15, -0.1) is 11.3 Å². The lowest BCUT2D eigenvalue weighted by atomic mass is 10.1. The number of benzene rings is 1. The zero-order valence-corrected chi connectivity index (χ0v) is 14.3. The minimum absolute atomic E-state index is 0.119. The van der Waals surface area contributed by atoms with Crippen molar-refractivity contribution in [3.63, 3.8) is 0 Å². The van der Waals surface area contributed by atoms with Crippen LogP contribution in [-0.4, -0.2) is 37.8 Å². The Morgan fingerprint density at radius 2 is 2.38 bits per heavy atom. The summed E-state index contributed by atoms with van der Waals surface area (Å²) in [6, 6.07) is 5.18. The van der Waals surface area contributed by atoms with Crippen LogP contribution in [0, 0.1) is 5.92 Å². The van der Waals surface area contributed by atoms with Crippen molar-refractivity contribution in [2.24, 2.45) is 5.92 Å². The van der Waals surface area contributed by atoms with Crippen LogP contribution in [0.3, 0.4) is 0 Å². The summed E-state index contributed by atoms with van der Waals surface area (Å²) in [5, 5.41) is 4.87. The molecule has 0 aliphatic carbocycles. The van der Waals surface area contributed by atoms with Gasteiger partial charge in [-0.1, -0.05) is 0 Å². The summed E-state index contributed by atoms with van der Waals surface area (Å²) < 4.78 is 16.4. The maximum absolute atomic E-state index is 12.3. The molecular formula is C17H20N2O4S. The number of rotatable bonds is 7. The van der Waals surface area contributed by atoms with Crippen LogP contribution in [-0.2, 0) is 11.3 Å². The number of ether oxygens (including phenoxy) is 3. The molecule has 128 valence electrons. The van der Waals surface area contributed by atoms with E-state index in [1.807, 2.05) is 5.38 Å². The molecule has 1 aliphatic rings. The number of methoxy groups -OCH3 is 1. The van der Waals surface area contributed by atoms with Gasteiger partial charge in [0.2, 0.25) is 0 Å². The van der Waals surface area contributed by atoms with Gasteiger partial charge in [-0.25, -0.2) is 4.98 Å². The molecular weight excluding hydrogens is 328 g/mol. The van der Waals surface area contributed by atoms with Crippen molar-refractivity contribution in [3.05, 3.63) is 40.3 Å². The molecule has 2 aromatic rings. The van der Waals surface area contributed by atoms with Crippen LogP contribution in [0.5, 0.6) is 11.5 Å². The molecule has 1 aliphatic heterocycles. The van der Waals surface area contributed by atoms with Crippen LogP contribution in [0.25, 0.3) is 0 Å². The molecule has 0 saturated carbocycles. The zero-order chi connectivity index (χ0) is 16.8. The maximum atomic E-state index is 12.3. The lowest BCUT2D eigenvalue weighted by molar-refractivity contribution is 0.0944. The molecule has 6 nitrogen and oxygen atoms in total. The first-order valence-corrected chi connectivity index (χ1v) is 8.74. The molecule has 0 bridgehead atoms. The fraction of sp³-hybridized carbons (Fsp3) is 0.412. The molecule has 3 rings (SSSR count). The van der Waals surface area contributed by atoms with Gasteiger partial charge in [0.1, 0.15) is 6.61 Å². The van der Waals surface area contributed by atoms with E-state index in [1.165, 1.54) is 11.3 Å². The number of aromatic nitrogens is 1. The molecule has 0 radical (unpaired) electrons. The zero-order valence-electron chi connectivity index (χ0n) is 13.5. The second-order valence-corrected chi connectivity index (χ2v) is 6.29. The number of hydrogen-bond donors (Lipinski definition) is 1. The van der Waals surface area contributed by atoms with E-state index >= 15 is 0 Å². The predicted octanol–water partition coefficient (Wildman–Crippen LogP) is 2.50. The molecule has 2 heterocycles. The second-order valence-electron chi connectivity index (χ2n) is 5.57. The van der Waals surface area contributed by atoms with Gasteiger partial charge >= 0.3 is 0 Å². The summed E-state index contributed by atoms with van der Waals surface area (Å²) in [7, 11) is 1.56. The highest BCUT2D eigenvalue weighted by Gasteiger charge is 2.17. The summed E-state index contributed by atoms with van der Waals surface area (Å²) in [6.07, 6.45) is 0.993. The summed E-state index contributed by atoms with van der Waals surface area (Å²) in [5.41, 5.74) is 3.17. The van der Waals surface area contributed by atoms with E-state index in [2.05, 4.69) is 10.3 Å². The average molecular weight is 348 g/mol. The van der Waals surface area contributed by atoms with Crippen LogP contribution in [0.15, 0.2) is 29.1 Å². The predicted molar refractivity (Wildman–Crippen MR) is 90.7 cm³/mol. The first kappa shape index (κ1) is 16.7. The van der Waals surface area contributed by atoms with Crippen molar-refractivity contribution < 1.29 is 19.0 Å². The molecule has 1 N–H and O–H groups in total. The highest BCUT2D eigenvalue weighted by molar-refractivity contribution is 7.07. The first-order valence-electron chi connectivity index (χ1n) is 7.80. The third kappa shape index (κ3) is 4.24. The molecule has 1 aromatic carbocycles. The standard InChI is InChI=1S/C17H20N2O4S/c1-21-16-6-13(17(20)18-7-12-4-5-22-8-12)2-3-15(16)23-9-14-10-24-11-19-14/h2-3,6,10-12H,4-5,7-9H2,1H3,(H,18,20)/t12-/m1/s1. The lowest BCUT2D eigenvalue weighted by Crippen LogP contribution is -2.29. The van der Waals surface area contributed by atoms with Gasteiger partial charge in [0, 0.05) is 30.0 Å². The Morgan fingerprint density at radius 3 is 3.08 bits per heavy atom. The minimum Gasteiger partial charge on any atom is -0.493 e. The van der Waals surface area contributed by atoms with Gasteiger partial charge in [0.05, 0.1) is 24.9 Å². The smallest absolute Gasteiger partial charge is 0.251 e. The Hall–Kier alpha value is -2.12. The average Bonchev–Trinajstić information content (AvgIpc) is 3.31. The Morgan fingerprint density at radius 1 is 1.46 bits per heavy atom. The summed E-state index contributed by atoms with van der Waals surface area (Å²) in [5.74, 6) is 1.40. The number of thiazole rings is 1. The van der Waals surface area contributed by atoms with Crippen molar-refractivity contribution in [3.8, 4) is 11.5 Å². The van der Waals surface area contributed by atoms with Gasteiger partial charge in [0.15, 0.2) is 11.5 Å². The third-order valence-electron chi connectivity index (χ3n) is 3.86. The van der Waals surface area contributed by atoms with Gasteiger partial charge in [-0.05, 0) is 24.6 Å².